The number of aromatic carboxylic acids is 1. The summed E-state index contributed by atoms with van der Waals surface area (Å²) < 4.78 is 5.51. The summed E-state index contributed by atoms with van der Waals surface area (Å²) in [5.41, 5.74) is -0.301. The molecule has 1 aliphatic carbocycles. The van der Waals surface area contributed by atoms with Crippen LogP contribution in [0.5, 0.6) is 0 Å². The van der Waals surface area contributed by atoms with Crippen molar-refractivity contribution in [2.45, 2.75) is 31.3 Å². The summed E-state index contributed by atoms with van der Waals surface area (Å²) in [5, 5.41) is 8.75. The number of carboxylic acid groups (broad SMARTS) is 1. The Labute approximate surface area is 93.5 Å². The first kappa shape index (κ1) is 11.0. The molecule has 0 aliphatic heterocycles. The number of ether oxygens (including phenoxy) is 1. The second kappa shape index (κ2) is 4.17. The molecule has 2 rings (SSSR count). The van der Waals surface area contributed by atoms with Gasteiger partial charge in [-0.05, 0) is 25.7 Å². The Hall–Kier alpha value is -1.49. The van der Waals surface area contributed by atoms with Crippen LogP contribution in [0.3, 0.4) is 0 Å². The van der Waals surface area contributed by atoms with Crippen molar-refractivity contribution in [1.82, 2.24) is 9.97 Å². The van der Waals surface area contributed by atoms with E-state index in [4.69, 9.17) is 9.84 Å². The van der Waals surface area contributed by atoms with Gasteiger partial charge in [0.1, 0.15) is 5.60 Å². The van der Waals surface area contributed by atoms with Crippen LogP contribution in [0.4, 0.5) is 0 Å². The van der Waals surface area contributed by atoms with Crippen LogP contribution in [-0.4, -0.2) is 28.2 Å². The highest BCUT2D eigenvalue weighted by Crippen LogP contribution is 2.39. The van der Waals surface area contributed by atoms with Crippen molar-refractivity contribution < 1.29 is 14.6 Å². The van der Waals surface area contributed by atoms with E-state index in [0.717, 1.165) is 25.7 Å². The zero-order chi connectivity index (χ0) is 11.6. The van der Waals surface area contributed by atoms with Crippen molar-refractivity contribution in [1.29, 1.82) is 0 Å². The maximum atomic E-state index is 10.7. The first-order valence-corrected chi connectivity index (χ1v) is 5.29. The van der Waals surface area contributed by atoms with E-state index >= 15 is 0 Å². The Kier molecular flexibility index (Phi) is 2.87. The molecule has 0 amide bonds. The quantitative estimate of drug-likeness (QED) is 0.840. The van der Waals surface area contributed by atoms with Crippen molar-refractivity contribution in [2.75, 3.05) is 7.11 Å². The van der Waals surface area contributed by atoms with E-state index in [2.05, 4.69) is 9.97 Å². The summed E-state index contributed by atoms with van der Waals surface area (Å²) in [6.07, 6.45) is 6.66. The molecule has 86 valence electrons. The van der Waals surface area contributed by atoms with E-state index in [1.54, 1.807) is 7.11 Å². The fraction of sp³-hybridized carbons (Fsp3) is 0.545. The molecule has 0 spiro atoms. The van der Waals surface area contributed by atoms with Crippen LogP contribution in [0.15, 0.2) is 12.4 Å². The summed E-state index contributed by atoms with van der Waals surface area (Å²) in [7, 11) is 1.65. The molecule has 1 saturated carbocycles. The molecule has 1 aliphatic rings. The van der Waals surface area contributed by atoms with Crippen molar-refractivity contribution in [2.24, 2.45) is 0 Å². The molecule has 1 aromatic heterocycles. The molecule has 5 heteroatoms. The molecule has 0 bridgehead atoms. The van der Waals surface area contributed by atoms with Gasteiger partial charge in [-0.1, -0.05) is 0 Å². The lowest BCUT2D eigenvalue weighted by atomic mass is 10.0. The highest BCUT2D eigenvalue weighted by Gasteiger charge is 2.38. The molecule has 16 heavy (non-hydrogen) atoms. The minimum Gasteiger partial charge on any atom is -0.478 e. The lowest BCUT2D eigenvalue weighted by Crippen LogP contribution is -2.27. The minimum absolute atomic E-state index is 0.105. The zero-order valence-corrected chi connectivity index (χ0v) is 9.14. The van der Waals surface area contributed by atoms with Gasteiger partial charge >= 0.3 is 5.97 Å². The minimum atomic E-state index is -1.01. The monoisotopic (exact) mass is 222 g/mol. The highest BCUT2D eigenvalue weighted by atomic mass is 16.5. The Morgan fingerprint density at radius 2 is 1.94 bits per heavy atom. The first-order valence-electron chi connectivity index (χ1n) is 5.29. The Morgan fingerprint density at radius 3 is 2.38 bits per heavy atom. The van der Waals surface area contributed by atoms with Gasteiger partial charge in [0.05, 0.1) is 5.56 Å². The second-order valence-corrected chi connectivity index (χ2v) is 4.01. The van der Waals surface area contributed by atoms with Gasteiger partial charge in [-0.15, -0.1) is 0 Å². The van der Waals surface area contributed by atoms with Crippen LogP contribution in [-0.2, 0) is 10.3 Å². The van der Waals surface area contributed by atoms with Gasteiger partial charge in [0, 0.05) is 19.5 Å². The molecule has 0 saturated heterocycles. The molecule has 0 aromatic carbocycles. The third kappa shape index (κ3) is 1.78. The van der Waals surface area contributed by atoms with E-state index in [9.17, 15) is 4.79 Å². The van der Waals surface area contributed by atoms with E-state index in [1.165, 1.54) is 12.4 Å². The smallest absolute Gasteiger partial charge is 0.338 e. The van der Waals surface area contributed by atoms with Crippen LogP contribution < -0.4 is 0 Å². The van der Waals surface area contributed by atoms with Gasteiger partial charge in [-0.25, -0.2) is 14.8 Å². The largest absolute Gasteiger partial charge is 0.478 e. The van der Waals surface area contributed by atoms with Gasteiger partial charge in [0.15, 0.2) is 5.82 Å². The fourth-order valence-electron chi connectivity index (χ4n) is 2.14. The molecule has 0 radical (unpaired) electrons. The number of methoxy groups -OCH3 is 1. The van der Waals surface area contributed by atoms with Gasteiger partial charge in [0.25, 0.3) is 0 Å². The molecular formula is C11H14N2O3. The topological polar surface area (TPSA) is 72.3 Å². The molecule has 0 unspecified atom stereocenters. The Balaban J connectivity index is 2.29. The van der Waals surface area contributed by atoms with Crippen LogP contribution in [0.2, 0.25) is 0 Å². The Morgan fingerprint density at radius 1 is 1.38 bits per heavy atom. The van der Waals surface area contributed by atoms with Gasteiger partial charge in [-0.2, -0.15) is 0 Å². The number of aromatic nitrogens is 2. The van der Waals surface area contributed by atoms with Gasteiger partial charge in [0.2, 0.25) is 0 Å². The van der Waals surface area contributed by atoms with Crippen molar-refractivity contribution in [3.63, 3.8) is 0 Å². The summed E-state index contributed by atoms with van der Waals surface area (Å²) in [5.74, 6) is -0.415. The lowest BCUT2D eigenvalue weighted by molar-refractivity contribution is -0.0163. The van der Waals surface area contributed by atoms with Gasteiger partial charge < -0.3 is 9.84 Å². The van der Waals surface area contributed by atoms with Crippen molar-refractivity contribution >= 4 is 5.97 Å². The third-order valence-electron chi connectivity index (χ3n) is 3.11. The predicted octanol–water partition coefficient (Wildman–Crippen LogP) is 1.59. The average Bonchev–Trinajstić information content (AvgIpc) is 2.79. The second-order valence-electron chi connectivity index (χ2n) is 4.01. The summed E-state index contributed by atoms with van der Waals surface area (Å²) in [6, 6.07) is 0. The van der Waals surface area contributed by atoms with Crippen LogP contribution in [0, 0.1) is 0 Å². The van der Waals surface area contributed by atoms with Crippen molar-refractivity contribution in [3.8, 4) is 0 Å². The molecule has 1 N–H and O–H groups in total. The van der Waals surface area contributed by atoms with Crippen LogP contribution >= 0.6 is 0 Å². The molecule has 0 atom stereocenters. The maximum Gasteiger partial charge on any atom is 0.338 e. The highest BCUT2D eigenvalue weighted by molar-refractivity contribution is 5.86. The molecule has 1 aromatic rings. The standard InChI is InChI=1S/C11H14N2O3/c1-16-11(4-2-3-5-11)10-12-6-8(7-13-10)9(14)15/h6-7H,2-5H2,1H3,(H,14,15). The van der Waals surface area contributed by atoms with E-state index in [1.807, 2.05) is 0 Å². The summed E-state index contributed by atoms with van der Waals surface area (Å²) in [4.78, 5) is 18.9. The fourth-order valence-corrected chi connectivity index (χ4v) is 2.14. The number of carboxylic acids is 1. The molecule has 1 heterocycles. The van der Waals surface area contributed by atoms with E-state index in [0.29, 0.717) is 5.82 Å². The maximum absolute atomic E-state index is 10.7. The number of nitrogens with zero attached hydrogens (tertiary/aromatic N) is 2. The average molecular weight is 222 g/mol. The first-order chi connectivity index (χ1) is 7.68. The summed E-state index contributed by atoms with van der Waals surface area (Å²) in [6.45, 7) is 0. The molecule has 5 nitrogen and oxygen atoms in total. The van der Waals surface area contributed by atoms with E-state index in [-0.39, 0.29) is 5.56 Å². The third-order valence-corrected chi connectivity index (χ3v) is 3.11. The Bertz CT molecular complexity index is 383. The molecule has 1 fully saturated rings. The van der Waals surface area contributed by atoms with Crippen molar-refractivity contribution in [3.05, 3.63) is 23.8 Å². The van der Waals surface area contributed by atoms with Gasteiger partial charge in [-0.3, -0.25) is 0 Å². The number of carbonyl (C=O) groups is 1. The zero-order valence-electron chi connectivity index (χ0n) is 9.14. The SMILES string of the molecule is COC1(c2ncc(C(=O)O)cn2)CCCC1. The summed E-state index contributed by atoms with van der Waals surface area (Å²) >= 11 is 0. The number of rotatable bonds is 3. The van der Waals surface area contributed by atoms with Crippen LogP contribution in [0.1, 0.15) is 41.9 Å². The number of hydrogen-bond acceptors (Lipinski definition) is 4. The van der Waals surface area contributed by atoms with E-state index < -0.39 is 11.6 Å². The molecular weight excluding hydrogens is 208 g/mol. The lowest BCUT2D eigenvalue weighted by Gasteiger charge is -2.25. The predicted molar refractivity (Wildman–Crippen MR) is 56.1 cm³/mol. The number of hydrogen-bond donors (Lipinski definition) is 1. The van der Waals surface area contributed by atoms with Crippen LogP contribution in [0.25, 0.3) is 0 Å². The normalized spacial score (nSPS) is 18.6.